The minimum Gasteiger partial charge on any atom is -0.192 e. The van der Waals surface area contributed by atoms with Crippen LogP contribution in [-0.4, -0.2) is 0 Å². The Hall–Kier alpha value is -1.73. The van der Waals surface area contributed by atoms with Crippen molar-refractivity contribution in [3.8, 4) is 17.9 Å². The van der Waals surface area contributed by atoms with Gasteiger partial charge in [0.05, 0.1) is 11.6 Å². The molecule has 1 nitrogen and oxygen atoms in total. The molecule has 1 aromatic rings. The Kier molecular flexibility index (Phi) is 7.42. The lowest BCUT2D eigenvalue weighted by atomic mass is 10.1. The molecule has 1 heteroatoms. The number of nitriles is 1. The van der Waals surface area contributed by atoms with E-state index in [4.69, 9.17) is 5.26 Å². The molecule has 0 bridgehead atoms. The molecular formula is C17H21N. The second-order valence-corrected chi connectivity index (χ2v) is 4.51. The molecule has 0 aliphatic heterocycles. The van der Waals surface area contributed by atoms with Gasteiger partial charge < -0.3 is 0 Å². The summed E-state index contributed by atoms with van der Waals surface area (Å²) >= 11 is 0. The van der Waals surface area contributed by atoms with E-state index in [9.17, 15) is 0 Å². The first-order valence-electron chi connectivity index (χ1n) is 6.86. The summed E-state index contributed by atoms with van der Waals surface area (Å²) in [4.78, 5) is 0. The average molecular weight is 239 g/mol. The van der Waals surface area contributed by atoms with Gasteiger partial charge in [0.15, 0.2) is 0 Å². The molecule has 0 amide bonds. The first kappa shape index (κ1) is 14.3. The summed E-state index contributed by atoms with van der Waals surface area (Å²) < 4.78 is 0. The van der Waals surface area contributed by atoms with E-state index in [0.717, 1.165) is 12.0 Å². The maximum absolute atomic E-state index is 8.78. The third-order valence-corrected chi connectivity index (χ3v) is 2.88. The number of unbranched alkanes of at least 4 members (excludes halogenated alkanes) is 6. The molecule has 0 radical (unpaired) electrons. The first-order chi connectivity index (χ1) is 8.86. The van der Waals surface area contributed by atoms with Gasteiger partial charge in [0.2, 0.25) is 0 Å². The number of benzene rings is 1. The molecule has 0 aliphatic carbocycles. The Morgan fingerprint density at radius 2 is 1.72 bits per heavy atom. The number of rotatable bonds is 6. The topological polar surface area (TPSA) is 23.8 Å². The average Bonchev–Trinajstić information content (AvgIpc) is 2.42. The van der Waals surface area contributed by atoms with E-state index in [-0.39, 0.29) is 0 Å². The molecular weight excluding hydrogens is 218 g/mol. The van der Waals surface area contributed by atoms with Crippen molar-refractivity contribution in [2.75, 3.05) is 0 Å². The number of nitrogens with zero attached hydrogens (tertiary/aromatic N) is 1. The molecule has 1 aromatic carbocycles. The lowest BCUT2D eigenvalue weighted by Crippen LogP contribution is -1.79. The van der Waals surface area contributed by atoms with Crippen molar-refractivity contribution >= 4 is 0 Å². The molecule has 0 heterocycles. The molecule has 0 fully saturated rings. The fourth-order valence-corrected chi connectivity index (χ4v) is 1.82. The fraction of sp³-hybridized carbons (Fsp3) is 0.471. The van der Waals surface area contributed by atoms with E-state index >= 15 is 0 Å². The van der Waals surface area contributed by atoms with Crippen molar-refractivity contribution in [3.05, 3.63) is 35.4 Å². The van der Waals surface area contributed by atoms with Crippen LogP contribution in [0.25, 0.3) is 0 Å². The predicted octanol–water partition coefficient (Wildman–Crippen LogP) is 4.66. The van der Waals surface area contributed by atoms with Crippen LogP contribution in [0.2, 0.25) is 0 Å². The largest absolute Gasteiger partial charge is 0.192 e. The fourth-order valence-electron chi connectivity index (χ4n) is 1.82. The molecule has 0 atom stereocenters. The second kappa shape index (κ2) is 9.32. The van der Waals surface area contributed by atoms with Crippen molar-refractivity contribution in [2.45, 2.75) is 51.9 Å². The van der Waals surface area contributed by atoms with Crippen LogP contribution in [0.1, 0.15) is 63.0 Å². The zero-order valence-electron chi connectivity index (χ0n) is 11.2. The summed E-state index contributed by atoms with van der Waals surface area (Å²) in [6, 6.07) is 9.61. The highest BCUT2D eigenvalue weighted by Crippen LogP contribution is 2.07. The highest BCUT2D eigenvalue weighted by Gasteiger charge is 1.91. The van der Waals surface area contributed by atoms with E-state index in [1.165, 1.54) is 38.5 Å². The van der Waals surface area contributed by atoms with Crippen molar-refractivity contribution < 1.29 is 0 Å². The van der Waals surface area contributed by atoms with Gasteiger partial charge in [-0.05, 0) is 24.6 Å². The zero-order chi connectivity index (χ0) is 13.1. The zero-order valence-corrected chi connectivity index (χ0v) is 11.2. The number of hydrogen-bond acceptors (Lipinski definition) is 1. The second-order valence-electron chi connectivity index (χ2n) is 4.51. The van der Waals surface area contributed by atoms with Crippen LogP contribution in [0.3, 0.4) is 0 Å². The lowest BCUT2D eigenvalue weighted by molar-refractivity contribution is 0.614. The molecule has 0 unspecified atom stereocenters. The van der Waals surface area contributed by atoms with Crippen LogP contribution >= 0.6 is 0 Å². The normalized spacial score (nSPS) is 9.33. The van der Waals surface area contributed by atoms with Crippen molar-refractivity contribution in [1.29, 1.82) is 5.26 Å². The van der Waals surface area contributed by atoms with Gasteiger partial charge in [-0.1, -0.05) is 56.9 Å². The van der Waals surface area contributed by atoms with Gasteiger partial charge in [-0.2, -0.15) is 5.26 Å². The van der Waals surface area contributed by atoms with Gasteiger partial charge in [0, 0.05) is 12.0 Å². The van der Waals surface area contributed by atoms with Crippen LogP contribution in [0.4, 0.5) is 0 Å². The van der Waals surface area contributed by atoms with Crippen molar-refractivity contribution in [3.63, 3.8) is 0 Å². The predicted molar refractivity (Wildman–Crippen MR) is 76.0 cm³/mol. The monoisotopic (exact) mass is 239 g/mol. The Balaban J connectivity index is 2.23. The SMILES string of the molecule is CCCCCCCCC#Cc1cccc(C#N)c1. The Bertz CT molecular complexity index is 443. The summed E-state index contributed by atoms with van der Waals surface area (Å²) in [5, 5.41) is 8.78. The van der Waals surface area contributed by atoms with Crippen LogP contribution < -0.4 is 0 Å². The molecule has 0 spiro atoms. The molecule has 0 N–H and O–H groups in total. The molecule has 0 saturated heterocycles. The lowest BCUT2D eigenvalue weighted by Gasteiger charge is -1.96. The maximum atomic E-state index is 8.78. The Labute approximate surface area is 111 Å². The molecule has 0 saturated carbocycles. The third-order valence-electron chi connectivity index (χ3n) is 2.88. The molecule has 18 heavy (non-hydrogen) atoms. The summed E-state index contributed by atoms with van der Waals surface area (Å²) in [6.45, 7) is 2.24. The summed E-state index contributed by atoms with van der Waals surface area (Å²) in [5.74, 6) is 6.30. The Morgan fingerprint density at radius 1 is 1.00 bits per heavy atom. The van der Waals surface area contributed by atoms with Crippen molar-refractivity contribution in [2.24, 2.45) is 0 Å². The molecule has 0 aromatic heterocycles. The maximum Gasteiger partial charge on any atom is 0.0992 e. The molecule has 94 valence electrons. The first-order valence-corrected chi connectivity index (χ1v) is 6.86. The van der Waals surface area contributed by atoms with Gasteiger partial charge in [-0.3, -0.25) is 0 Å². The van der Waals surface area contributed by atoms with E-state index in [0.29, 0.717) is 5.56 Å². The molecule has 0 aliphatic rings. The quantitative estimate of drug-likeness (QED) is 0.523. The number of hydrogen-bond donors (Lipinski definition) is 0. The highest BCUT2D eigenvalue weighted by molar-refractivity contribution is 5.41. The van der Waals surface area contributed by atoms with Gasteiger partial charge >= 0.3 is 0 Å². The Morgan fingerprint density at radius 3 is 2.50 bits per heavy atom. The summed E-state index contributed by atoms with van der Waals surface area (Å²) in [5.41, 5.74) is 1.63. The van der Waals surface area contributed by atoms with Crippen molar-refractivity contribution in [1.82, 2.24) is 0 Å². The molecule has 1 rings (SSSR count). The van der Waals surface area contributed by atoms with Gasteiger partial charge in [-0.15, -0.1) is 0 Å². The minimum atomic E-state index is 0.682. The van der Waals surface area contributed by atoms with Crippen LogP contribution in [0.5, 0.6) is 0 Å². The minimum absolute atomic E-state index is 0.682. The van der Waals surface area contributed by atoms with E-state index in [1.54, 1.807) is 6.07 Å². The highest BCUT2D eigenvalue weighted by atomic mass is 14.2. The van der Waals surface area contributed by atoms with E-state index in [1.807, 2.05) is 18.2 Å². The van der Waals surface area contributed by atoms with Gasteiger partial charge in [0.1, 0.15) is 0 Å². The van der Waals surface area contributed by atoms with Crippen LogP contribution in [0.15, 0.2) is 24.3 Å². The van der Waals surface area contributed by atoms with E-state index in [2.05, 4.69) is 24.8 Å². The van der Waals surface area contributed by atoms with Gasteiger partial charge in [0.25, 0.3) is 0 Å². The van der Waals surface area contributed by atoms with E-state index < -0.39 is 0 Å². The third kappa shape index (κ3) is 6.12. The smallest absolute Gasteiger partial charge is 0.0992 e. The summed E-state index contributed by atoms with van der Waals surface area (Å²) in [7, 11) is 0. The van der Waals surface area contributed by atoms with Crippen LogP contribution in [0, 0.1) is 23.2 Å². The summed E-state index contributed by atoms with van der Waals surface area (Å²) in [6.07, 6.45) is 8.78. The van der Waals surface area contributed by atoms with Gasteiger partial charge in [-0.25, -0.2) is 0 Å². The standard InChI is InChI=1S/C17H21N/c1-2-3-4-5-6-7-8-9-11-16-12-10-13-17(14-16)15-18/h10,12-14H,2-8H2,1H3. The van der Waals surface area contributed by atoms with Crippen LogP contribution in [-0.2, 0) is 0 Å².